The van der Waals surface area contributed by atoms with Gasteiger partial charge in [0.25, 0.3) is 0 Å². The van der Waals surface area contributed by atoms with Gasteiger partial charge in [-0.1, -0.05) is 6.58 Å². The van der Waals surface area contributed by atoms with E-state index in [0.29, 0.717) is 6.61 Å². The molecule has 0 spiro atoms. The topological polar surface area (TPSA) is 107 Å². The van der Waals surface area contributed by atoms with Crippen LogP contribution in [0.2, 0.25) is 0 Å². The van der Waals surface area contributed by atoms with Crippen LogP contribution in [0.3, 0.4) is 0 Å². The molecule has 6 heteroatoms. The van der Waals surface area contributed by atoms with E-state index in [2.05, 4.69) is 11.3 Å². The Morgan fingerprint density at radius 3 is 1.62 bits per heavy atom. The summed E-state index contributed by atoms with van der Waals surface area (Å²) in [5.41, 5.74) is -1.11. The Kier molecular flexibility index (Phi) is 11.5. The summed E-state index contributed by atoms with van der Waals surface area (Å²) < 4.78 is 4.43. The summed E-state index contributed by atoms with van der Waals surface area (Å²) in [6.07, 6.45) is 1.14. The molecule has 16 heavy (non-hydrogen) atoms. The third kappa shape index (κ3) is 7.36. The minimum absolute atomic E-state index is 0.359. The molecule has 0 aliphatic carbocycles. The first-order chi connectivity index (χ1) is 7.55. The first-order valence-electron chi connectivity index (χ1n) is 4.78. The fourth-order valence-corrected chi connectivity index (χ4v) is 0.501. The Hall–Kier alpha value is -0.950. The third-order valence-electron chi connectivity index (χ3n) is 1.79. The molecule has 96 valence electrons. The van der Waals surface area contributed by atoms with Gasteiger partial charge < -0.3 is 25.2 Å². The minimum Gasteiger partial charge on any atom is -0.463 e. The first-order valence-corrected chi connectivity index (χ1v) is 4.78. The average molecular weight is 236 g/mol. The molecule has 0 aliphatic rings. The zero-order valence-corrected chi connectivity index (χ0v) is 9.43. The SMILES string of the molecule is C=CC(=O)OCC.OCC(CO)(CO)CO. The molecule has 0 radical (unpaired) electrons. The second kappa shape index (κ2) is 10.6. The largest absolute Gasteiger partial charge is 0.463 e. The molecule has 0 saturated carbocycles. The van der Waals surface area contributed by atoms with Crippen LogP contribution in [0.4, 0.5) is 0 Å². The van der Waals surface area contributed by atoms with E-state index >= 15 is 0 Å². The molecule has 0 bridgehead atoms. The molecule has 0 rings (SSSR count). The molecule has 0 aromatic rings. The van der Waals surface area contributed by atoms with Gasteiger partial charge in [0, 0.05) is 6.08 Å². The molecule has 4 N–H and O–H groups in total. The summed E-state index contributed by atoms with van der Waals surface area (Å²) in [5, 5.41) is 34.0. The Balaban J connectivity index is 0. The van der Waals surface area contributed by atoms with Crippen LogP contribution in [0.25, 0.3) is 0 Å². The number of aliphatic hydroxyl groups is 4. The van der Waals surface area contributed by atoms with Gasteiger partial charge >= 0.3 is 5.97 Å². The van der Waals surface area contributed by atoms with Gasteiger partial charge in [-0.3, -0.25) is 0 Å². The summed E-state index contributed by atoms with van der Waals surface area (Å²) >= 11 is 0. The van der Waals surface area contributed by atoms with Crippen molar-refractivity contribution in [1.29, 1.82) is 0 Å². The highest BCUT2D eigenvalue weighted by Gasteiger charge is 2.26. The molecule has 0 saturated heterocycles. The fourth-order valence-electron chi connectivity index (χ4n) is 0.501. The summed E-state index contributed by atoms with van der Waals surface area (Å²) in [6.45, 7) is 3.75. The highest BCUT2D eigenvalue weighted by molar-refractivity contribution is 5.81. The highest BCUT2D eigenvalue weighted by atomic mass is 16.5. The smallest absolute Gasteiger partial charge is 0.330 e. The maximum Gasteiger partial charge on any atom is 0.330 e. The van der Waals surface area contributed by atoms with E-state index in [1.165, 1.54) is 0 Å². The van der Waals surface area contributed by atoms with Crippen LogP contribution in [-0.2, 0) is 9.53 Å². The van der Waals surface area contributed by atoms with Gasteiger partial charge in [-0.25, -0.2) is 4.79 Å². The van der Waals surface area contributed by atoms with Gasteiger partial charge in [0.05, 0.1) is 38.4 Å². The molecule has 0 heterocycles. The summed E-state index contributed by atoms with van der Waals surface area (Å²) in [7, 11) is 0. The van der Waals surface area contributed by atoms with Crippen molar-refractivity contribution in [3.05, 3.63) is 12.7 Å². The van der Waals surface area contributed by atoms with Crippen molar-refractivity contribution in [1.82, 2.24) is 0 Å². The number of carbonyl (C=O) groups excluding carboxylic acids is 1. The number of esters is 1. The number of carbonyl (C=O) groups is 1. The molecule has 0 aliphatic heterocycles. The molecular weight excluding hydrogens is 216 g/mol. The van der Waals surface area contributed by atoms with Gasteiger partial charge in [-0.05, 0) is 6.92 Å². The van der Waals surface area contributed by atoms with Crippen molar-refractivity contribution in [2.75, 3.05) is 33.0 Å². The lowest BCUT2D eigenvalue weighted by atomic mass is 9.93. The lowest BCUT2D eigenvalue weighted by Gasteiger charge is -2.23. The molecule has 0 unspecified atom stereocenters. The lowest BCUT2D eigenvalue weighted by Crippen LogP contribution is -2.37. The van der Waals surface area contributed by atoms with Crippen LogP contribution < -0.4 is 0 Å². The monoisotopic (exact) mass is 236 g/mol. The lowest BCUT2D eigenvalue weighted by molar-refractivity contribution is -0.137. The van der Waals surface area contributed by atoms with E-state index in [0.717, 1.165) is 6.08 Å². The van der Waals surface area contributed by atoms with Crippen molar-refractivity contribution >= 4 is 5.97 Å². The first kappa shape index (κ1) is 17.4. The number of hydrogen-bond donors (Lipinski definition) is 4. The number of rotatable bonds is 6. The van der Waals surface area contributed by atoms with Crippen LogP contribution in [0.15, 0.2) is 12.7 Å². The van der Waals surface area contributed by atoms with Crippen LogP contribution in [0.5, 0.6) is 0 Å². The fraction of sp³-hybridized carbons (Fsp3) is 0.700. The van der Waals surface area contributed by atoms with Gasteiger partial charge in [-0.15, -0.1) is 0 Å². The van der Waals surface area contributed by atoms with E-state index < -0.39 is 31.8 Å². The van der Waals surface area contributed by atoms with Gasteiger partial charge in [-0.2, -0.15) is 0 Å². The van der Waals surface area contributed by atoms with E-state index in [4.69, 9.17) is 20.4 Å². The Morgan fingerprint density at radius 2 is 1.56 bits per heavy atom. The van der Waals surface area contributed by atoms with Crippen molar-refractivity contribution in [2.45, 2.75) is 6.92 Å². The Morgan fingerprint density at radius 1 is 1.19 bits per heavy atom. The number of aliphatic hydroxyl groups excluding tert-OH is 4. The Bertz CT molecular complexity index is 170. The van der Waals surface area contributed by atoms with Crippen LogP contribution in [-0.4, -0.2) is 59.4 Å². The number of ether oxygens (including phenoxy) is 1. The van der Waals surface area contributed by atoms with E-state index in [1.54, 1.807) is 6.92 Å². The zero-order chi connectivity index (χ0) is 13.0. The molecule has 6 nitrogen and oxygen atoms in total. The quantitative estimate of drug-likeness (QED) is 0.336. The maximum absolute atomic E-state index is 10.1. The average Bonchev–Trinajstić information content (AvgIpc) is 2.34. The standard InChI is InChI=1S/C5H12O4.C5H8O2/c6-1-5(2-7,3-8)4-9;1-3-5(6)7-4-2/h6-9H,1-4H2;3H,1,4H2,2H3. The molecule has 0 fully saturated rings. The van der Waals surface area contributed by atoms with Crippen LogP contribution in [0, 0.1) is 5.41 Å². The van der Waals surface area contributed by atoms with Crippen molar-refractivity contribution < 1.29 is 30.0 Å². The second-order valence-corrected chi connectivity index (χ2v) is 3.09. The van der Waals surface area contributed by atoms with Crippen molar-refractivity contribution in [3.63, 3.8) is 0 Å². The third-order valence-corrected chi connectivity index (χ3v) is 1.79. The highest BCUT2D eigenvalue weighted by Crippen LogP contribution is 2.11. The molecule has 0 amide bonds. The zero-order valence-electron chi connectivity index (χ0n) is 9.43. The van der Waals surface area contributed by atoms with Gasteiger partial charge in [0.15, 0.2) is 0 Å². The van der Waals surface area contributed by atoms with Crippen molar-refractivity contribution in [3.8, 4) is 0 Å². The van der Waals surface area contributed by atoms with Gasteiger partial charge in [0.1, 0.15) is 0 Å². The van der Waals surface area contributed by atoms with Crippen molar-refractivity contribution in [2.24, 2.45) is 5.41 Å². The summed E-state index contributed by atoms with van der Waals surface area (Å²) in [5.74, 6) is -0.359. The molecule has 0 atom stereocenters. The van der Waals surface area contributed by atoms with Crippen LogP contribution in [0.1, 0.15) is 6.92 Å². The molecule has 0 aromatic heterocycles. The predicted octanol–water partition coefficient (Wildman–Crippen LogP) is -1.32. The maximum atomic E-state index is 10.1. The molecular formula is C10H20O6. The summed E-state index contributed by atoms with van der Waals surface area (Å²) in [6, 6.07) is 0. The summed E-state index contributed by atoms with van der Waals surface area (Å²) in [4.78, 5) is 10.1. The van der Waals surface area contributed by atoms with E-state index in [1.807, 2.05) is 0 Å². The minimum atomic E-state index is -1.11. The van der Waals surface area contributed by atoms with E-state index in [-0.39, 0.29) is 5.97 Å². The molecule has 0 aromatic carbocycles. The predicted molar refractivity (Wildman–Crippen MR) is 57.6 cm³/mol. The van der Waals surface area contributed by atoms with E-state index in [9.17, 15) is 4.79 Å². The Labute approximate surface area is 94.8 Å². The number of hydrogen-bond acceptors (Lipinski definition) is 6. The van der Waals surface area contributed by atoms with Crippen LogP contribution >= 0.6 is 0 Å². The second-order valence-electron chi connectivity index (χ2n) is 3.09. The normalized spacial score (nSPS) is 10.1. The van der Waals surface area contributed by atoms with Gasteiger partial charge in [0.2, 0.25) is 0 Å².